The summed E-state index contributed by atoms with van der Waals surface area (Å²) in [5.74, 6) is 0.173. The third-order valence-corrected chi connectivity index (χ3v) is 3.37. The fraction of sp³-hybridized carbons (Fsp3) is 0.533. The predicted molar refractivity (Wildman–Crippen MR) is 80.0 cm³/mol. The molecule has 0 aliphatic heterocycles. The van der Waals surface area contributed by atoms with E-state index in [4.69, 9.17) is 0 Å². The van der Waals surface area contributed by atoms with Crippen LogP contribution >= 0.6 is 15.9 Å². The summed E-state index contributed by atoms with van der Waals surface area (Å²) < 4.78 is 0. The number of halogens is 1. The number of hydrogen-bond donors (Lipinski definition) is 0. The molecule has 0 radical (unpaired) electrons. The summed E-state index contributed by atoms with van der Waals surface area (Å²) >= 11 is 3.29. The lowest BCUT2D eigenvalue weighted by Gasteiger charge is -2.20. The summed E-state index contributed by atoms with van der Waals surface area (Å²) in [4.78, 5) is 13.4. The maximum atomic E-state index is 11.7. The first-order chi connectivity index (χ1) is 8.34. The van der Waals surface area contributed by atoms with E-state index in [1.54, 1.807) is 4.90 Å². The summed E-state index contributed by atoms with van der Waals surface area (Å²) in [6.07, 6.45) is 0.552. The van der Waals surface area contributed by atoms with Gasteiger partial charge in [-0.2, -0.15) is 0 Å². The van der Waals surface area contributed by atoms with Crippen LogP contribution in [0.25, 0.3) is 0 Å². The smallest absolute Gasteiger partial charge is 0.223 e. The minimum atomic E-state index is 0.173. The molecule has 0 atom stereocenters. The van der Waals surface area contributed by atoms with Gasteiger partial charge < -0.3 is 4.90 Å². The van der Waals surface area contributed by atoms with Crippen LogP contribution in [0.5, 0.6) is 0 Å². The predicted octanol–water partition coefficient (Wildman–Crippen LogP) is 3.73. The third kappa shape index (κ3) is 4.45. The Balaban J connectivity index is 2.67. The first-order valence-corrected chi connectivity index (χ1v) is 7.36. The molecular formula is C15H22BrNO. The van der Waals surface area contributed by atoms with E-state index in [0.29, 0.717) is 13.0 Å². The Morgan fingerprint density at radius 1 is 1.22 bits per heavy atom. The Kier molecular flexibility index (Phi) is 5.39. The molecular weight excluding hydrogens is 290 g/mol. The summed E-state index contributed by atoms with van der Waals surface area (Å²) in [5, 5.41) is 0.721. The topological polar surface area (TPSA) is 20.3 Å². The number of benzene rings is 1. The third-order valence-electron chi connectivity index (χ3n) is 2.97. The molecule has 0 heterocycles. The minimum Gasteiger partial charge on any atom is -0.341 e. The number of rotatable bonds is 4. The van der Waals surface area contributed by atoms with E-state index < -0.39 is 0 Å². The molecule has 0 saturated heterocycles. The van der Waals surface area contributed by atoms with Gasteiger partial charge in [0, 0.05) is 25.3 Å². The largest absolute Gasteiger partial charge is 0.341 e. The fourth-order valence-electron chi connectivity index (χ4n) is 1.74. The quantitative estimate of drug-likeness (QED) is 0.776. The zero-order chi connectivity index (χ0) is 13.8. The van der Waals surface area contributed by atoms with Crippen LogP contribution in [-0.2, 0) is 16.8 Å². The van der Waals surface area contributed by atoms with Crippen molar-refractivity contribution in [3.8, 4) is 0 Å². The highest BCUT2D eigenvalue weighted by molar-refractivity contribution is 9.09. The molecule has 0 N–H and O–H groups in total. The lowest BCUT2D eigenvalue weighted by atomic mass is 9.87. The van der Waals surface area contributed by atoms with Crippen molar-refractivity contribution in [3.05, 3.63) is 35.4 Å². The molecule has 0 saturated carbocycles. The van der Waals surface area contributed by atoms with Crippen molar-refractivity contribution in [2.24, 2.45) is 0 Å². The molecule has 0 aliphatic carbocycles. The Morgan fingerprint density at radius 2 is 1.78 bits per heavy atom. The van der Waals surface area contributed by atoms with Crippen LogP contribution < -0.4 is 0 Å². The van der Waals surface area contributed by atoms with E-state index in [-0.39, 0.29) is 11.3 Å². The molecule has 1 aromatic carbocycles. The van der Waals surface area contributed by atoms with Crippen LogP contribution in [0.1, 0.15) is 38.3 Å². The number of carbonyl (C=O) groups is 1. The molecule has 1 amide bonds. The lowest BCUT2D eigenvalue weighted by Crippen LogP contribution is -2.26. The van der Waals surface area contributed by atoms with Crippen molar-refractivity contribution in [2.75, 3.05) is 12.4 Å². The Labute approximate surface area is 119 Å². The van der Waals surface area contributed by atoms with Gasteiger partial charge in [0.05, 0.1) is 0 Å². The maximum absolute atomic E-state index is 11.7. The number of hydrogen-bond acceptors (Lipinski definition) is 1. The van der Waals surface area contributed by atoms with Crippen LogP contribution in [0, 0.1) is 0 Å². The van der Waals surface area contributed by atoms with Crippen molar-refractivity contribution >= 4 is 21.8 Å². The molecule has 1 rings (SSSR count). The highest BCUT2D eigenvalue weighted by Crippen LogP contribution is 2.22. The van der Waals surface area contributed by atoms with Crippen molar-refractivity contribution < 1.29 is 4.79 Å². The molecule has 2 nitrogen and oxygen atoms in total. The molecule has 0 spiro atoms. The zero-order valence-electron chi connectivity index (χ0n) is 11.7. The van der Waals surface area contributed by atoms with E-state index >= 15 is 0 Å². The second-order valence-electron chi connectivity index (χ2n) is 5.64. The Bertz CT molecular complexity index is 392. The van der Waals surface area contributed by atoms with Crippen LogP contribution in [0.15, 0.2) is 24.3 Å². The van der Waals surface area contributed by atoms with Gasteiger partial charge in [-0.1, -0.05) is 61.0 Å². The van der Waals surface area contributed by atoms with Gasteiger partial charge >= 0.3 is 0 Å². The van der Waals surface area contributed by atoms with Crippen molar-refractivity contribution in [1.82, 2.24) is 4.90 Å². The van der Waals surface area contributed by atoms with Gasteiger partial charge in [0.15, 0.2) is 0 Å². The molecule has 0 unspecified atom stereocenters. The summed E-state index contributed by atoms with van der Waals surface area (Å²) in [5.41, 5.74) is 2.67. The van der Waals surface area contributed by atoms with Crippen LogP contribution in [0.4, 0.5) is 0 Å². The fourth-order valence-corrected chi connectivity index (χ4v) is 2.08. The minimum absolute atomic E-state index is 0.173. The summed E-state index contributed by atoms with van der Waals surface area (Å²) in [6.45, 7) is 7.28. The van der Waals surface area contributed by atoms with E-state index in [9.17, 15) is 4.79 Å². The molecule has 0 fully saturated rings. The van der Waals surface area contributed by atoms with Gasteiger partial charge in [-0.15, -0.1) is 0 Å². The summed E-state index contributed by atoms with van der Waals surface area (Å²) in [6, 6.07) is 8.52. The maximum Gasteiger partial charge on any atom is 0.223 e. The standard InChI is InChI=1S/C15H22BrNO/c1-15(2,3)13-7-5-12(6-8-13)11-17(4)14(18)9-10-16/h5-8H,9-11H2,1-4H3. The van der Waals surface area contributed by atoms with Crippen LogP contribution in [0.2, 0.25) is 0 Å². The normalized spacial score (nSPS) is 11.4. The second kappa shape index (κ2) is 6.37. The van der Waals surface area contributed by atoms with Crippen molar-refractivity contribution in [1.29, 1.82) is 0 Å². The number of nitrogens with zero attached hydrogens (tertiary/aromatic N) is 1. The van der Waals surface area contributed by atoms with Gasteiger partial charge in [0.25, 0.3) is 0 Å². The highest BCUT2D eigenvalue weighted by atomic mass is 79.9. The number of alkyl halides is 1. The monoisotopic (exact) mass is 311 g/mol. The van der Waals surface area contributed by atoms with Crippen LogP contribution in [0.3, 0.4) is 0 Å². The van der Waals surface area contributed by atoms with E-state index in [0.717, 1.165) is 5.33 Å². The Morgan fingerprint density at radius 3 is 2.22 bits per heavy atom. The van der Waals surface area contributed by atoms with Gasteiger partial charge in [0.1, 0.15) is 0 Å². The molecule has 18 heavy (non-hydrogen) atoms. The van der Waals surface area contributed by atoms with Gasteiger partial charge in [-0.25, -0.2) is 0 Å². The Hall–Kier alpha value is -0.830. The lowest BCUT2D eigenvalue weighted by molar-refractivity contribution is -0.129. The van der Waals surface area contributed by atoms with Crippen LogP contribution in [-0.4, -0.2) is 23.2 Å². The average molecular weight is 312 g/mol. The zero-order valence-corrected chi connectivity index (χ0v) is 13.3. The van der Waals surface area contributed by atoms with Gasteiger partial charge in [0.2, 0.25) is 5.91 Å². The SMILES string of the molecule is CN(Cc1ccc(C(C)(C)C)cc1)C(=O)CCBr. The van der Waals surface area contributed by atoms with Crippen molar-refractivity contribution in [3.63, 3.8) is 0 Å². The average Bonchev–Trinajstić information content (AvgIpc) is 2.28. The van der Waals surface area contributed by atoms with Crippen molar-refractivity contribution in [2.45, 2.75) is 39.2 Å². The molecule has 0 aromatic heterocycles. The second-order valence-corrected chi connectivity index (χ2v) is 6.43. The molecule has 100 valence electrons. The van der Waals surface area contributed by atoms with Gasteiger partial charge in [-0.05, 0) is 16.5 Å². The van der Waals surface area contributed by atoms with E-state index in [2.05, 4.69) is 61.0 Å². The first kappa shape index (κ1) is 15.2. The highest BCUT2D eigenvalue weighted by Gasteiger charge is 2.13. The number of amides is 1. The van der Waals surface area contributed by atoms with E-state index in [1.165, 1.54) is 11.1 Å². The first-order valence-electron chi connectivity index (χ1n) is 6.24. The molecule has 3 heteroatoms. The summed E-state index contributed by atoms with van der Waals surface area (Å²) in [7, 11) is 1.85. The molecule has 0 aliphatic rings. The molecule has 1 aromatic rings. The molecule has 0 bridgehead atoms. The number of carbonyl (C=O) groups excluding carboxylic acids is 1. The van der Waals surface area contributed by atoms with E-state index in [1.807, 2.05) is 7.05 Å². The van der Waals surface area contributed by atoms with Gasteiger partial charge in [-0.3, -0.25) is 4.79 Å².